The molecule has 0 radical (unpaired) electrons. The lowest BCUT2D eigenvalue weighted by Gasteiger charge is -2.34. The Morgan fingerprint density at radius 1 is 1.19 bits per heavy atom. The summed E-state index contributed by atoms with van der Waals surface area (Å²) in [5.74, 6) is 1.58. The van der Waals surface area contributed by atoms with Crippen LogP contribution >= 0.6 is 0 Å². The van der Waals surface area contributed by atoms with Gasteiger partial charge in [-0.2, -0.15) is 0 Å². The van der Waals surface area contributed by atoms with Crippen molar-refractivity contribution >= 4 is 5.95 Å². The zero-order valence-electron chi connectivity index (χ0n) is 12.6. The SMILES string of the molecule is c1cnc(N2CCN(CCNCC3CCOC3)CC2)nc1. The fraction of sp³-hybridized carbons (Fsp3) is 0.733. The Morgan fingerprint density at radius 3 is 2.71 bits per heavy atom. The summed E-state index contributed by atoms with van der Waals surface area (Å²) in [6, 6.07) is 1.86. The Bertz CT molecular complexity index is 402. The summed E-state index contributed by atoms with van der Waals surface area (Å²) in [6.07, 6.45) is 4.83. The molecule has 1 unspecified atom stereocenters. The molecule has 0 aromatic carbocycles. The van der Waals surface area contributed by atoms with Crippen molar-refractivity contribution in [1.82, 2.24) is 20.2 Å². The average molecular weight is 291 g/mol. The second-order valence-corrected chi connectivity index (χ2v) is 5.81. The van der Waals surface area contributed by atoms with Crippen LogP contribution in [0.2, 0.25) is 0 Å². The minimum absolute atomic E-state index is 0.720. The summed E-state index contributed by atoms with van der Waals surface area (Å²) < 4.78 is 5.39. The monoisotopic (exact) mass is 291 g/mol. The van der Waals surface area contributed by atoms with Crippen LogP contribution in [0.15, 0.2) is 18.5 Å². The molecular formula is C15H25N5O. The van der Waals surface area contributed by atoms with Crippen molar-refractivity contribution in [2.24, 2.45) is 5.92 Å². The van der Waals surface area contributed by atoms with Crippen molar-refractivity contribution in [1.29, 1.82) is 0 Å². The first-order valence-electron chi connectivity index (χ1n) is 7.94. The van der Waals surface area contributed by atoms with Crippen molar-refractivity contribution < 1.29 is 4.74 Å². The van der Waals surface area contributed by atoms with Gasteiger partial charge in [0.15, 0.2) is 0 Å². The standard InChI is InChI=1S/C15H25N5O/c1-3-17-15(18-4-1)20-9-7-19(8-10-20)6-5-16-12-14-2-11-21-13-14/h1,3-4,14,16H,2,5-13H2. The van der Waals surface area contributed by atoms with Crippen LogP contribution in [0, 0.1) is 5.92 Å². The van der Waals surface area contributed by atoms with Crippen LogP contribution in [0.4, 0.5) is 5.95 Å². The van der Waals surface area contributed by atoms with E-state index in [9.17, 15) is 0 Å². The predicted molar refractivity (Wildman–Crippen MR) is 82.5 cm³/mol. The lowest BCUT2D eigenvalue weighted by molar-refractivity contribution is 0.184. The fourth-order valence-electron chi connectivity index (χ4n) is 2.91. The summed E-state index contributed by atoms with van der Waals surface area (Å²) in [7, 11) is 0. The van der Waals surface area contributed by atoms with Gasteiger partial charge in [-0.3, -0.25) is 4.90 Å². The van der Waals surface area contributed by atoms with Crippen LogP contribution in [0.25, 0.3) is 0 Å². The molecule has 0 aliphatic carbocycles. The van der Waals surface area contributed by atoms with E-state index in [1.54, 1.807) is 0 Å². The van der Waals surface area contributed by atoms with Gasteiger partial charge in [-0.25, -0.2) is 9.97 Å². The van der Waals surface area contributed by atoms with Gasteiger partial charge in [0.25, 0.3) is 0 Å². The van der Waals surface area contributed by atoms with Crippen molar-refractivity contribution in [2.45, 2.75) is 6.42 Å². The van der Waals surface area contributed by atoms with E-state index in [4.69, 9.17) is 4.74 Å². The molecule has 2 fully saturated rings. The first kappa shape index (κ1) is 14.7. The van der Waals surface area contributed by atoms with Crippen LogP contribution < -0.4 is 10.2 Å². The van der Waals surface area contributed by atoms with Gasteiger partial charge < -0.3 is 15.0 Å². The minimum atomic E-state index is 0.720. The van der Waals surface area contributed by atoms with Gasteiger partial charge in [-0.05, 0) is 18.4 Å². The lowest BCUT2D eigenvalue weighted by atomic mass is 10.1. The largest absolute Gasteiger partial charge is 0.381 e. The summed E-state index contributed by atoms with van der Waals surface area (Å²) >= 11 is 0. The molecule has 2 saturated heterocycles. The van der Waals surface area contributed by atoms with E-state index in [0.29, 0.717) is 0 Å². The molecule has 2 aliphatic rings. The van der Waals surface area contributed by atoms with Crippen LogP contribution in [-0.4, -0.2) is 73.9 Å². The van der Waals surface area contributed by atoms with Crippen molar-refractivity contribution in [3.63, 3.8) is 0 Å². The molecule has 1 aromatic rings. The number of piperazine rings is 1. The number of hydrogen-bond donors (Lipinski definition) is 1. The Hall–Kier alpha value is -1.24. The van der Waals surface area contributed by atoms with Gasteiger partial charge in [0, 0.05) is 64.8 Å². The van der Waals surface area contributed by atoms with E-state index in [1.807, 2.05) is 18.5 Å². The number of nitrogens with one attached hydrogen (secondary N) is 1. The molecule has 0 bridgehead atoms. The number of nitrogens with zero attached hydrogens (tertiary/aromatic N) is 4. The molecule has 1 atom stereocenters. The van der Waals surface area contributed by atoms with Crippen LogP contribution in [-0.2, 0) is 4.74 Å². The third-order valence-corrected chi connectivity index (χ3v) is 4.27. The van der Waals surface area contributed by atoms with Gasteiger partial charge in [0.05, 0.1) is 6.61 Å². The Kier molecular flexibility index (Phi) is 5.37. The number of hydrogen-bond acceptors (Lipinski definition) is 6. The van der Waals surface area contributed by atoms with Crippen molar-refractivity contribution in [2.75, 3.05) is 63.9 Å². The molecule has 0 spiro atoms. The van der Waals surface area contributed by atoms with E-state index in [2.05, 4.69) is 25.1 Å². The topological polar surface area (TPSA) is 53.5 Å². The summed E-state index contributed by atoms with van der Waals surface area (Å²) in [5, 5.41) is 3.56. The van der Waals surface area contributed by atoms with Gasteiger partial charge in [0.2, 0.25) is 5.95 Å². The van der Waals surface area contributed by atoms with Gasteiger partial charge in [-0.1, -0.05) is 0 Å². The average Bonchev–Trinajstić information content (AvgIpc) is 3.06. The maximum absolute atomic E-state index is 5.39. The molecule has 116 valence electrons. The highest BCUT2D eigenvalue weighted by Gasteiger charge is 2.18. The maximum atomic E-state index is 5.39. The normalized spacial score (nSPS) is 23.6. The number of aromatic nitrogens is 2. The van der Waals surface area contributed by atoms with Crippen LogP contribution in [0.5, 0.6) is 0 Å². The van der Waals surface area contributed by atoms with E-state index in [-0.39, 0.29) is 0 Å². The highest BCUT2D eigenvalue weighted by molar-refractivity contribution is 5.29. The minimum Gasteiger partial charge on any atom is -0.381 e. The van der Waals surface area contributed by atoms with Gasteiger partial charge in [0.1, 0.15) is 0 Å². The molecule has 0 amide bonds. The molecule has 3 heterocycles. The third-order valence-electron chi connectivity index (χ3n) is 4.27. The molecule has 3 rings (SSSR count). The molecule has 6 nitrogen and oxygen atoms in total. The lowest BCUT2D eigenvalue weighted by Crippen LogP contribution is -2.48. The van der Waals surface area contributed by atoms with E-state index >= 15 is 0 Å². The molecule has 21 heavy (non-hydrogen) atoms. The summed E-state index contributed by atoms with van der Waals surface area (Å²) in [6.45, 7) is 9.37. The van der Waals surface area contributed by atoms with Gasteiger partial charge >= 0.3 is 0 Å². The van der Waals surface area contributed by atoms with Crippen molar-refractivity contribution in [3.8, 4) is 0 Å². The van der Waals surface area contributed by atoms with Gasteiger partial charge in [-0.15, -0.1) is 0 Å². The van der Waals surface area contributed by atoms with E-state index in [0.717, 1.165) is 70.9 Å². The number of ether oxygens (including phenoxy) is 1. The van der Waals surface area contributed by atoms with E-state index in [1.165, 1.54) is 6.42 Å². The fourth-order valence-corrected chi connectivity index (χ4v) is 2.91. The highest BCUT2D eigenvalue weighted by atomic mass is 16.5. The highest BCUT2D eigenvalue weighted by Crippen LogP contribution is 2.11. The summed E-state index contributed by atoms with van der Waals surface area (Å²) in [4.78, 5) is 13.4. The summed E-state index contributed by atoms with van der Waals surface area (Å²) in [5.41, 5.74) is 0. The molecule has 1 N–H and O–H groups in total. The predicted octanol–water partition coefficient (Wildman–Crippen LogP) is 0.225. The molecule has 1 aromatic heterocycles. The second-order valence-electron chi connectivity index (χ2n) is 5.81. The molecule has 6 heteroatoms. The van der Waals surface area contributed by atoms with Crippen LogP contribution in [0.1, 0.15) is 6.42 Å². The Morgan fingerprint density at radius 2 is 2.00 bits per heavy atom. The molecule has 0 saturated carbocycles. The third kappa shape index (κ3) is 4.36. The van der Waals surface area contributed by atoms with Crippen LogP contribution in [0.3, 0.4) is 0 Å². The zero-order valence-corrected chi connectivity index (χ0v) is 12.6. The number of anilines is 1. The van der Waals surface area contributed by atoms with E-state index < -0.39 is 0 Å². The second kappa shape index (κ2) is 7.68. The Labute approximate surface area is 126 Å². The number of rotatable bonds is 6. The van der Waals surface area contributed by atoms with Crippen molar-refractivity contribution in [3.05, 3.63) is 18.5 Å². The zero-order chi connectivity index (χ0) is 14.3. The smallest absolute Gasteiger partial charge is 0.225 e. The quantitative estimate of drug-likeness (QED) is 0.757. The maximum Gasteiger partial charge on any atom is 0.225 e. The first-order chi connectivity index (χ1) is 10.4. The first-order valence-corrected chi connectivity index (χ1v) is 7.94. The molecular weight excluding hydrogens is 266 g/mol. The Balaban J connectivity index is 1.30. The molecule has 2 aliphatic heterocycles.